The maximum absolute atomic E-state index is 5.21. The van der Waals surface area contributed by atoms with Gasteiger partial charge in [0.25, 0.3) is 6.34 Å². The van der Waals surface area contributed by atoms with Gasteiger partial charge in [-0.15, -0.1) is 5.43 Å². The molecule has 0 spiro atoms. The number of rotatable bonds is 2. The number of hydrazone groups is 1. The molecule has 0 aromatic carbocycles. The Hall–Kier alpha value is -0.460. The first kappa shape index (κ1) is 9.63. The van der Waals surface area contributed by atoms with Crippen molar-refractivity contribution in [2.75, 3.05) is 13.2 Å². The Morgan fingerprint density at radius 1 is 1.58 bits per heavy atom. The van der Waals surface area contributed by atoms with Crippen LogP contribution in [0.1, 0.15) is 6.42 Å². The van der Waals surface area contributed by atoms with Crippen molar-refractivity contribution < 1.29 is 26.5 Å². The summed E-state index contributed by atoms with van der Waals surface area (Å²) in [5.74, 6) is 0.733. The van der Waals surface area contributed by atoms with Crippen LogP contribution in [0, 0.1) is 0 Å². The standard InChI is InChI=1S/C6H9N3O2.BrH/c1-2-11-6(10-1)3-5-7-4-8-9-5;/h4,6H,1-3H2,(H,8,9);1H/q+1;/p-1. The summed E-state index contributed by atoms with van der Waals surface area (Å²) in [4.78, 5) is 3.95. The lowest BCUT2D eigenvalue weighted by atomic mass is 10.4. The van der Waals surface area contributed by atoms with E-state index < -0.39 is 0 Å². The van der Waals surface area contributed by atoms with Crippen LogP contribution in [0.3, 0.4) is 0 Å². The first-order valence-electron chi connectivity index (χ1n) is 3.53. The lowest BCUT2D eigenvalue weighted by Gasteiger charge is -2.02. The molecule has 0 bridgehead atoms. The zero-order valence-electron chi connectivity index (χ0n) is 6.36. The maximum atomic E-state index is 5.21. The zero-order valence-corrected chi connectivity index (χ0v) is 7.95. The second-order valence-electron chi connectivity index (χ2n) is 2.29. The summed E-state index contributed by atoms with van der Waals surface area (Å²) in [5.41, 5.74) is 2.63. The Kier molecular flexibility index (Phi) is 3.64. The number of aliphatic imine (C=N–C) groups is 1. The minimum absolute atomic E-state index is 0. The monoisotopic (exact) mass is 234 g/mol. The molecule has 5 nitrogen and oxygen atoms in total. The number of amidine groups is 1. The first-order valence-corrected chi connectivity index (χ1v) is 3.53. The van der Waals surface area contributed by atoms with Gasteiger partial charge in [0.2, 0.25) is 0 Å². The van der Waals surface area contributed by atoms with Crippen molar-refractivity contribution in [1.29, 1.82) is 0 Å². The highest BCUT2D eigenvalue weighted by Crippen LogP contribution is 2.07. The van der Waals surface area contributed by atoms with Crippen LogP contribution in [-0.2, 0) is 9.47 Å². The molecule has 2 aliphatic rings. The van der Waals surface area contributed by atoms with Crippen molar-refractivity contribution >= 4 is 12.2 Å². The fourth-order valence-electron chi connectivity index (χ4n) is 1.01. The van der Waals surface area contributed by atoms with Crippen LogP contribution in [0.15, 0.2) is 5.10 Å². The molecule has 2 rings (SSSR count). The summed E-state index contributed by atoms with van der Waals surface area (Å²) in [5, 5.41) is 3.88. The van der Waals surface area contributed by atoms with E-state index in [2.05, 4.69) is 15.5 Å². The third-order valence-corrected chi connectivity index (χ3v) is 1.50. The van der Waals surface area contributed by atoms with E-state index in [-0.39, 0.29) is 23.3 Å². The highest BCUT2D eigenvalue weighted by Gasteiger charge is 2.23. The quantitative estimate of drug-likeness (QED) is 0.531. The molecule has 2 heterocycles. The van der Waals surface area contributed by atoms with Crippen molar-refractivity contribution in [1.82, 2.24) is 10.4 Å². The molecular weight excluding hydrogens is 226 g/mol. The van der Waals surface area contributed by atoms with Gasteiger partial charge >= 0.3 is 5.84 Å². The largest absolute Gasteiger partial charge is 1.00 e. The molecular formula is C6H9BrN3O2. The molecule has 0 aliphatic carbocycles. The zero-order chi connectivity index (χ0) is 7.52. The number of nitrogens with zero attached hydrogens (tertiary/aromatic N) is 2. The molecule has 1 saturated heterocycles. The molecule has 12 heavy (non-hydrogen) atoms. The molecule has 0 aromatic rings. The lowest BCUT2D eigenvalue weighted by Crippen LogP contribution is -3.00. The smallest absolute Gasteiger partial charge is 0.316 e. The third-order valence-electron chi connectivity index (χ3n) is 1.50. The normalized spacial score (nSPS) is 21.8. The van der Waals surface area contributed by atoms with Crippen molar-refractivity contribution in [3.63, 3.8) is 0 Å². The summed E-state index contributed by atoms with van der Waals surface area (Å²) in [7, 11) is 0. The van der Waals surface area contributed by atoms with Crippen LogP contribution >= 0.6 is 0 Å². The van der Waals surface area contributed by atoms with Gasteiger partial charge in [-0.1, -0.05) is 4.99 Å². The van der Waals surface area contributed by atoms with E-state index in [0.29, 0.717) is 19.6 Å². The topological polar surface area (TPSA) is 57.0 Å². The minimum Gasteiger partial charge on any atom is -1.00 e. The minimum atomic E-state index is -0.147. The Labute approximate surface area is 80.6 Å². The van der Waals surface area contributed by atoms with Gasteiger partial charge in [0.1, 0.15) is 0 Å². The molecule has 0 aromatic heterocycles. The van der Waals surface area contributed by atoms with E-state index in [1.165, 1.54) is 0 Å². The third kappa shape index (κ3) is 2.26. The van der Waals surface area contributed by atoms with Gasteiger partial charge in [-0.3, -0.25) is 0 Å². The van der Waals surface area contributed by atoms with Crippen molar-refractivity contribution in [3.8, 4) is 0 Å². The molecule has 0 saturated carbocycles. The molecule has 6 heteroatoms. The van der Waals surface area contributed by atoms with Crippen LogP contribution in [0.2, 0.25) is 0 Å². The summed E-state index contributed by atoms with van der Waals surface area (Å²) in [6, 6.07) is 0. The second kappa shape index (κ2) is 4.54. The van der Waals surface area contributed by atoms with E-state index in [4.69, 9.17) is 9.47 Å². The van der Waals surface area contributed by atoms with E-state index in [1.807, 2.05) is 0 Å². The van der Waals surface area contributed by atoms with Gasteiger partial charge in [0.05, 0.1) is 19.6 Å². The van der Waals surface area contributed by atoms with Crippen LogP contribution < -0.4 is 27.4 Å². The fraction of sp³-hybridized carbons (Fsp3) is 0.667. The lowest BCUT2D eigenvalue weighted by molar-refractivity contribution is -0.0350. The van der Waals surface area contributed by atoms with Crippen LogP contribution in [0.4, 0.5) is 0 Å². The Bertz CT molecular complexity index is 201. The van der Waals surface area contributed by atoms with Crippen LogP contribution in [0.25, 0.3) is 0 Å². The van der Waals surface area contributed by atoms with Gasteiger partial charge in [-0.2, -0.15) is 0 Å². The van der Waals surface area contributed by atoms with Crippen LogP contribution in [-0.4, -0.2) is 31.7 Å². The predicted octanol–water partition coefficient (Wildman–Crippen LogP) is -3.97. The van der Waals surface area contributed by atoms with E-state index in [9.17, 15) is 0 Å². The number of hydrogen-bond donors (Lipinski definition) is 1. The molecule has 1 radical (unpaired) electrons. The molecule has 0 unspecified atom stereocenters. The van der Waals surface area contributed by atoms with Gasteiger partial charge in [-0.25, -0.2) is 0 Å². The van der Waals surface area contributed by atoms with Crippen molar-refractivity contribution in [2.45, 2.75) is 12.7 Å². The second-order valence-corrected chi connectivity index (χ2v) is 2.29. The molecule has 0 atom stereocenters. The van der Waals surface area contributed by atoms with Gasteiger partial charge in [-0.05, 0) is 0 Å². The summed E-state index contributed by atoms with van der Waals surface area (Å²) in [6.45, 7) is 1.35. The van der Waals surface area contributed by atoms with Crippen molar-refractivity contribution in [3.05, 3.63) is 0 Å². The van der Waals surface area contributed by atoms with E-state index in [0.717, 1.165) is 5.84 Å². The van der Waals surface area contributed by atoms with Crippen molar-refractivity contribution in [2.24, 2.45) is 5.10 Å². The first-order chi connectivity index (χ1) is 5.45. The molecule has 67 valence electrons. The summed E-state index contributed by atoms with van der Waals surface area (Å²) in [6.07, 6.45) is 2.03. The fourth-order valence-corrected chi connectivity index (χ4v) is 1.01. The maximum Gasteiger partial charge on any atom is 0.316 e. The van der Waals surface area contributed by atoms with E-state index in [1.54, 1.807) is 6.34 Å². The number of nitrogens with one attached hydrogen (secondary N) is 1. The number of ether oxygens (including phenoxy) is 2. The SMILES string of the molecule is C1=[N+]C(CC2OCCO2)=NN1.[Br-]. The predicted molar refractivity (Wildman–Crippen MR) is 39.1 cm³/mol. The summed E-state index contributed by atoms with van der Waals surface area (Å²) >= 11 is 0. The molecule has 1 N–H and O–H groups in total. The molecule has 2 aliphatic heterocycles. The number of hydrogen-bond acceptors (Lipinski definition) is 5. The average Bonchev–Trinajstić information content (AvgIpc) is 2.60. The highest BCUT2D eigenvalue weighted by atomic mass is 79.9. The molecule has 0 amide bonds. The Morgan fingerprint density at radius 3 is 2.92 bits per heavy atom. The average molecular weight is 235 g/mol. The summed E-state index contributed by atoms with van der Waals surface area (Å²) < 4.78 is 10.4. The van der Waals surface area contributed by atoms with E-state index >= 15 is 0 Å². The highest BCUT2D eigenvalue weighted by molar-refractivity contribution is 5.90. The van der Waals surface area contributed by atoms with Crippen LogP contribution in [0.5, 0.6) is 0 Å². The van der Waals surface area contributed by atoms with Gasteiger partial charge in [0, 0.05) is 5.10 Å². The Balaban J connectivity index is 0.000000720. The molecule has 1 fully saturated rings. The van der Waals surface area contributed by atoms with Gasteiger partial charge < -0.3 is 26.5 Å². The Morgan fingerprint density at radius 2 is 2.33 bits per heavy atom. The number of halogens is 1. The van der Waals surface area contributed by atoms with Gasteiger partial charge in [0.15, 0.2) is 6.29 Å².